The van der Waals surface area contributed by atoms with Gasteiger partial charge in [0.15, 0.2) is 23.0 Å². The molecule has 0 aliphatic carbocycles. The first-order valence-electron chi connectivity index (χ1n) is 11.5. The zero-order valence-corrected chi connectivity index (χ0v) is 18.9. The van der Waals surface area contributed by atoms with Gasteiger partial charge in [-0.2, -0.15) is 10.5 Å². The van der Waals surface area contributed by atoms with Gasteiger partial charge < -0.3 is 0 Å². The molecule has 7 aromatic rings. The van der Waals surface area contributed by atoms with Crippen molar-refractivity contribution in [2.24, 2.45) is 0 Å². The Labute approximate surface area is 205 Å². The molecular formula is C30H16N6. The summed E-state index contributed by atoms with van der Waals surface area (Å²) in [4.78, 5) is 9.54. The minimum absolute atomic E-state index is 0.150. The van der Waals surface area contributed by atoms with Gasteiger partial charge in [0.2, 0.25) is 0 Å². The Morgan fingerprint density at radius 2 is 0.722 bits per heavy atom. The van der Waals surface area contributed by atoms with Gasteiger partial charge in [0.05, 0.1) is 22.1 Å². The normalized spacial score (nSPS) is 11.3. The smallest absolute Gasteiger partial charge is 0.186 e. The average molecular weight is 461 g/mol. The van der Waals surface area contributed by atoms with Crippen LogP contribution in [0.25, 0.3) is 55.2 Å². The van der Waals surface area contributed by atoms with Crippen molar-refractivity contribution in [1.82, 2.24) is 19.1 Å². The number of aromatic nitrogens is 4. The number of hydrogen-bond donors (Lipinski definition) is 0. The van der Waals surface area contributed by atoms with E-state index in [4.69, 9.17) is 9.97 Å². The average Bonchev–Trinajstić information content (AvgIpc) is 3.45. The van der Waals surface area contributed by atoms with E-state index in [1.165, 1.54) is 0 Å². The Balaban J connectivity index is 1.60. The molecule has 166 valence electrons. The van der Waals surface area contributed by atoms with Crippen LogP contribution in [-0.4, -0.2) is 19.1 Å². The first-order chi connectivity index (χ1) is 17.8. The molecule has 0 amide bonds. The van der Waals surface area contributed by atoms with Crippen molar-refractivity contribution in [3.63, 3.8) is 0 Å². The van der Waals surface area contributed by atoms with E-state index >= 15 is 0 Å². The fraction of sp³-hybridized carbons (Fsp3) is 0. The standard InChI is InChI=1S/C30H16N6/c31-17-23-29(35-25-13-5-1-9-19(25)20-10-2-6-14-26(20)35)33-24(18-32)30(34-23)36-27-15-7-3-11-21(27)22-12-4-8-16-28(22)36/h1-16H. The Hall–Kier alpha value is -5.46. The number of fused-ring (bicyclic) bond motifs is 6. The van der Waals surface area contributed by atoms with E-state index in [1.54, 1.807) is 0 Å². The summed E-state index contributed by atoms with van der Waals surface area (Å²) in [6, 6.07) is 36.4. The third kappa shape index (κ3) is 2.64. The summed E-state index contributed by atoms with van der Waals surface area (Å²) in [5, 5.41) is 24.6. The SMILES string of the molecule is N#Cc1nc(-n2c3ccccc3c3ccccc32)c(C#N)nc1-n1c2ccccc2c2ccccc21. The van der Waals surface area contributed by atoms with Crippen LogP contribution in [0.2, 0.25) is 0 Å². The van der Waals surface area contributed by atoms with Gasteiger partial charge in [0.25, 0.3) is 0 Å². The lowest BCUT2D eigenvalue weighted by Crippen LogP contribution is -2.10. The van der Waals surface area contributed by atoms with Crippen LogP contribution < -0.4 is 0 Å². The van der Waals surface area contributed by atoms with E-state index in [-0.39, 0.29) is 11.4 Å². The molecule has 4 aromatic carbocycles. The molecule has 3 heterocycles. The largest absolute Gasteiger partial charge is 0.291 e. The Kier molecular flexibility index (Phi) is 4.17. The fourth-order valence-electron chi connectivity index (χ4n) is 5.18. The van der Waals surface area contributed by atoms with Gasteiger partial charge >= 0.3 is 0 Å². The molecule has 6 nitrogen and oxygen atoms in total. The lowest BCUT2D eigenvalue weighted by Gasteiger charge is -2.13. The van der Waals surface area contributed by atoms with Crippen molar-refractivity contribution in [3.05, 3.63) is 108 Å². The number of rotatable bonds is 2. The van der Waals surface area contributed by atoms with Crippen molar-refractivity contribution < 1.29 is 0 Å². The minimum atomic E-state index is 0.150. The fourth-order valence-corrected chi connectivity index (χ4v) is 5.18. The van der Waals surface area contributed by atoms with E-state index in [0.717, 1.165) is 43.6 Å². The maximum atomic E-state index is 10.2. The van der Waals surface area contributed by atoms with Gasteiger partial charge in [-0.25, -0.2) is 9.97 Å². The predicted octanol–water partition coefficient (Wildman–Crippen LogP) is 6.41. The molecule has 0 radical (unpaired) electrons. The Morgan fingerprint density at radius 3 is 1.00 bits per heavy atom. The monoisotopic (exact) mass is 460 g/mol. The third-order valence-electron chi connectivity index (χ3n) is 6.65. The molecule has 0 bridgehead atoms. The molecule has 3 aromatic heterocycles. The molecule has 0 unspecified atom stereocenters. The van der Waals surface area contributed by atoms with Crippen LogP contribution >= 0.6 is 0 Å². The predicted molar refractivity (Wildman–Crippen MR) is 140 cm³/mol. The van der Waals surface area contributed by atoms with Crippen LogP contribution in [0.3, 0.4) is 0 Å². The number of hydrogen-bond acceptors (Lipinski definition) is 4. The molecule has 7 rings (SSSR count). The highest BCUT2D eigenvalue weighted by Gasteiger charge is 2.22. The van der Waals surface area contributed by atoms with Gasteiger partial charge in [-0.15, -0.1) is 0 Å². The first kappa shape index (κ1) is 20.0. The number of benzene rings is 4. The lowest BCUT2D eigenvalue weighted by atomic mass is 10.2. The molecule has 36 heavy (non-hydrogen) atoms. The van der Waals surface area contributed by atoms with Crippen LogP contribution in [0.4, 0.5) is 0 Å². The topological polar surface area (TPSA) is 83.2 Å². The second kappa shape index (κ2) is 7.53. The summed E-state index contributed by atoms with van der Waals surface area (Å²) in [7, 11) is 0. The molecule has 0 N–H and O–H groups in total. The number of nitriles is 2. The molecular weight excluding hydrogens is 444 g/mol. The molecule has 6 heteroatoms. The highest BCUT2D eigenvalue weighted by Crippen LogP contribution is 2.35. The highest BCUT2D eigenvalue weighted by molar-refractivity contribution is 6.10. The zero-order chi connectivity index (χ0) is 24.2. The van der Waals surface area contributed by atoms with Crippen molar-refractivity contribution in [2.45, 2.75) is 0 Å². The van der Waals surface area contributed by atoms with Crippen LogP contribution in [0.15, 0.2) is 97.1 Å². The van der Waals surface area contributed by atoms with Gasteiger partial charge in [0.1, 0.15) is 12.1 Å². The van der Waals surface area contributed by atoms with E-state index in [0.29, 0.717) is 11.6 Å². The molecule has 0 aliphatic rings. The van der Waals surface area contributed by atoms with E-state index in [2.05, 4.69) is 12.1 Å². The third-order valence-corrected chi connectivity index (χ3v) is 6.65. The second-order valence-corrected chi connectivity index (χ2v) is 8.53. The van der Waals surface area contributed by atoms with Gasteiger partial charge in [-0.1, -0.05) is 72.8 Å². The molecule has 0 saturated carbocycles. The Morgan fingerprint density at radius 1 is 0.444 bits per heavy atom. The van der Waals surface area contributed by atoms with Crippen LogP contribution in [0.5, 0.6) is 0 Å². The number of nitrogens with zero attached hydrogens (tertiary/aromatic N) is 6. The van der Waals surface area contributed by atoms with Gasteiger partial charge in [-0.05, 0) is 24.3 Å². The lowest BCUT2D eigenvalue weighted by molar-refractivity contribution is 0.959. The molecule has 0 saturated heterocycles. The quantitative estimate of drug-likeness (QED) is 0.298. The van der Waals surface area contributed by atoms with E-state index in [1.807, 2.05) is 106 Å². The zero-order valence-electron chi connectivity index (χ0n) is 18.9. The van der Waals surface area contributed by atoms with Crippen molar-refractivity contribution >= 4 is 43.6 Å². The van der Waals surface area contributed by atoms with Crippen molar-refractivity contribution in [2.75, 3.05) is 0 Å². The summed E-state index contributed by atoms with van der Waals surface area (Å²) >= 11 is 0. The van der Waals surface area contributed by atoms with E-state index < -0.39 is 0 Å². The number of para-hydroxylation sites is 4. The minimum Gasteiger partial charge on any atom is -0.291 e. The first-order valence-corrected chi connectivity index (χ1v) is 11.5. The summed E-state index contributed by atoms with van der Waals surface area (Å²) in [5.41, 5.74) is 3.90. The summed E-state index contributed by atoms with van der Waals surface area (Å²) in [6.07, 6.45) is 0. The van der Waals surface area contributed by atoms with Crippen LogP contribution in [0, 0.1) is 22.7 Å². The second-order valence-electron chi connectivity index (χ2n) is 8.53. The van der Waals surface area contributed by atoms with Crippen molar-refractivity contribution in [3.8, 4) is 23.8 Å². The van der Waals surface area contributed by atoms with Gasteiger partial charge in [-0.3, -0.25) is 9.13 Å². The molecule has 0 spiro atoms. The highest BCUT2D eigenvalue weighted by atomic mass is 15.1. The van der Waals surface area contributed by atoms with Gasteiger partial charge in [0, 0.05) is 21.5 Å². The van der Waals surface area contributed by atoms with Crippen molar-refractivity contribution in [1.29, 1.82) is 10.5 Å². The van der Waals surface area contributed by atoms with Crippen LogP contribution in [-0.2, 0) is 0 Å². The molecule has 0 aliphatic heterocycles. The maximum absolute atomic E-state index is 10.2. The summed E-state index contributed by atoms with van der Waals surface area (Å²) in [6.45, 7) is 0. The van der Waals surface area contributed by atoms with E-state index in [9.17, 15) is 10.5 Å². The Bertz CT molecular complexity index is 1820. The summed E-state index contributed by atoms with van der Waals surface area (Å²) < 4.78 is 3.85. The molecule has 0 fully saturated rings. The molecule has 0 atom stereocenters. The maximum Gasteiger partial charge on any atom is 0.186 e. The summed E-state index contributed by atoms with van der Waals surface area (Å²) in [5.74, 6) is 0.687. The van der Waals surface area contributed by atoms with Crippen LogP contribution in [0.1, 0.15) is 11.4 Å².